The van der Waals surface area contributed by atoms with E-state index in [0.29, 0.717) is 0 Å². The lowest BCUT2D eigenvalue weighted by molar-refractivity contribution is 1.22. The van der Waals surface area contributed by atoms with E-state index in [0.717, 1.165) is 6.54 Å². The van der Waals surface area contributed by atoms with E-state index in [-0.39, 0.29) is 0 Å². The van der Waals surface area contributed by atoms with Crippen molar-refractivity contribution in [1.29, 1.82) is 0 Å². The van der Waals surface area contributed by atoms with Crippen molar-refractivity contribution < 1.29 is 0 Å². The zero-order valence-corrected chi connectivity index (χ0v) is 8.12. The van der Waals surface area contributed by atoms with E-state index in [9.17, 15) is 0 Å². The number of hydrogen-bond acceptors (Lipinski definition) is 2. The molecule has 50 valence electrons. The molecule has 1 aromatic heterocycles. The highest BCUT2D eigenvalue weighted by atomic mass is 127. The zero-order valence-electron chi connectivity index (χ0n) is 5.15. The van der Waals surface area contributed by atoms with E-state index < -0.39 is 0 Å². The predicted octanol–water partition coefficient (Wildman–Crippen LogP) is 2.78. The van der Waals surface area contributed by atoms with Crippen LogP contribution >= 0.6 is 33.9 Å². The molecule has 1 aromatic rings. The Bertz CT molecular complexity index is 185. The minimum absolute atomic E-state index is 1.01. The summed E-state index contributed by atoms with van der Waals surface area (Å²) in [5, 5.41) is 5.36. The molecule has 1 rings (SSSR count). The summed E-state index contributed by atoms with van der Waals surface area (Å²) in [5.74, 6) is 0. The van der Waals surface area contributed by atoms with Gasteiger partial charge in [-0.3, -0.25) is 0 Å². The molecule has 0 spiro atoms. The summed E-state index contributed by atoms with van der Waals surface area (Å²) in [6.07, 6.45) is 0. The second-order valence-electron chi connectivity index (χ2n) is 1.64. The van der Waals surface area contributed by atoms with Crippen LogP contribution in [0.4, 0.5) is 5.69 Å². The first-order chi connectivity index (χ1) is 4.34. The quantitative estimate of drug-likeness (QED) is 0.799. The summed E-state index contributed by atoms with van der Waals surface area (Å²) in [5.41, 5.74) is 1.27. The van der Waals surface area contributed by atoms with Gasteiger partial charge >= 0.3 is 0 Å². The Labute approximate surface area is 72.6 Å². The number of anilines is 1. The van der Waals surface area contributed by atoms with Crippen molar-refractivity contribution in [3.05, 3.63) is 14.3 Å². The minimum Gasteiger partial charge on any atom is -0.384 e. The Kier molecular flexibility index (Phi) is 2.78. The van der Waals surface area contributed by atoms with E-state index in [1.54, 1.807) is 11.3 Å². The third kappa shape index (κ3) is 1.82. The van der Waals surface area contributed by atoms with Gasteiger partial charge in [-0.25, -0.2) is 0 Å². The molecule has 1 N–H and O–H groups in total. The van der Waals surface area contributed by atoms with E-state index in [2.05, 4.69) is 46.3 Å². The normalized spacial score (nSPS) is 9.56. The lowest BCUT2D eigenvalue weighted by Crippen LogP contribution is -1.94. The van der Waals surface area contributed by atoms with Crippen molar-refractivity contribution in [1.82, 2.24) is 0 Å². The topological polar surface area (TPSA) is 12.0 Å². The fraction of sp³-hybridized carbons (Fsp3) is 0.333. The zero-order chi connectivity index (χ0) is 6.69. The maximum Gasteiger partial charge on any atom is 0.0884 e. The molecule has 1 nitrogen and oxygen atoms in total. The Balaban J connectivity index is 2.69. The van der Waals surface area contributed by atoms with Gasteiger partial charge in [-0.05, 0) is 41.0 Å². The van der Waals surface area contributed by atoms with Crippen LogP contribution in [0.15, 0.2) is 11.4 Å². The second-order valence-corrected chi connectivity index (χ2v) is 4.37. The van der Waals surface area contributed by atoms with Crippen LogP contribution in [-0.4, -0.2) is 6.54 Å². The highest BCUT2D eigenvalue weighted by Gasteiger charge is 1.95. The Morgan fingerprint density at radius 3 is 3.00 bits per heavy atom. The molecule has 0 amide bonds. The monoisotopic (exact) mass is 253 g/mol. The van der Waals surface area contributed by atoms with Crippen molar-refractivity contribution in [3.8, 4) is 0 Å². The largest absolute Gasteiger partial charge is 0.384 e. The van der Waals surface area contributed by atoms with Gasteiger partial charge < -0.3 is 5.32 Å². The van der Waals surface area contributed by atoms with Crippen LogP contribution < -0.4 is 5.32 Å². The summed E-state index contributed by atoms with van der Waals surface area (Å²) >= 11 is 4.10. The van der Waals surface area contributed by atoms with Gasteiger partial charge in [-0.15, -0.1) is 11.3 Å². The number of halogens is 1. The van der Waals surface area contributed by atoms with Crippen LogP contribution in [0.3, 0.4) is 0 Å². The summed E-state index contributed by atoms with van der Waals surface area (Å²) in [6, 6.07) is 2.11. The van der Waals surface area contributed by atoms with Crippen LogP contribution in [0.2, 0.25) is 0 Å². The SMILES string of the molecule is CCNc1ccsc1I. The van der Waals surface area contributed by atoms with Gasteiger partial charge in [0.05, 0.1) is 8.57 Å². The Hall–Kier alpha value is 0.230. The summed E-state index contributed by atoms with van der Waals surface area (Å²) in [7, 11) is 0. The molecule has 0 unspecified atom stereocenters. The molecule has 3 heteroatoms. The fourth-order valence-corrected chi connectivity index (χ4v) is 2.01. The predicted molar refractivity (Wildman–Crippen MR) is 51.2 cm³/mol. The van der Waals surface area contributed by atoms with Gasteiger partial charge in [0.25, 0.3) is 0 Å². The van der Waals surface area contributed by atoms with Crippen LogP contribution in [0.5, 0.6) is 0 Å². The van der Waals surface area contributed by atoms with Gasteiger partial charge in [0.2, 0.25) is 0 Å². The average Bonchev–Trinajstić information content (AvgIpc) is 2.18. The smallest absolute Gasteiger partial charge is 0.0884 e. The van der Waals surface area contributed by atoms with Crippen molar-refractivity contribution >= 4 is 39.6 Å². The third-order valence-corrected chi connectivity index (χ3v) is 3.03. The van der Waals surface area contributed by atoms with Crippen molar-refractivity contribution in [2.75, 3.05) is 11.9 Å². The molecule has 1 heterocycles. The standard InChI is InChI=1S/C6H8INS/c1-2-8-5-3-4-9-6(5)7/h3-4,8H,2H2,1H3. The van der Waals surface area contributed by atoms with Gasteiger partial charge in [-0.2, -0.15) is 0 Å². The molecule has 0 aromatic carbocycles. The number of nitrogens with one attached hydrogen (secondary N) is 1. The third-order valence-electron chi connectivity index (χ3n) is 0.985. The fourth-order valence-electron chi connectivity index (χ4n) is 0.610. The van der Waals surface area contributed by atoms with Crippen LogP contribution in [-0.2, 0) is 0 Å². The maximum absolute atomic E-state index is 3.26. The molecular weight excluding hydrogens is 245 g/mol. The lowest BCUT2D eigenvalue weighted by atomic mass is 10.5. The first-order valence-corrected chi connectivity index (χ1v) is 4.77. The van der Waals surface area contributed by atoms with Gasteiger partial charge in [0, 0.05) is 6.54 Å². The molecule has 9 heavy (non-hydrogen) atoms. The summed E-state index contributed by atoms with van der Waals surface area (Å²) < 4.78 is 1.34. The van der Waals surface area contributed by atoms with E-state index >= 15 is 0 Å². The first-order valence-electron chi connectivity index (χ1n) is 2.81. The average molecular weight is 253 g/mol. The maximum atomic E-state index is 3.26. The van der Waals surface area contributed by atoms with Gasteiger partial charge in [-0.1, -0.05) is 0 Å². The van der Waals surface area contributed by atoms with E-state index in [4.69, 9.17) is 0 Å². The summed E-state index contributed by atoms with van der Waals surface area (Å²) in [6.45, 7) is 3.11. The molecule has 0 radical (unpaired) electrons. The first kappa shape index (κ1) is 7.34. The molecule has 0 fully saturated rings. The Morgan fingerprint density at radius 1 is 1.78 bits per heavy atom. The number of rotatable bonds is 2. The highest BCUT2D eigenvalue weighted by Crippen LogP contribution is 2.23. The second kappa shape index (κ2) is 3.41. The van der Waals surface area contributed by atoms with Crippen molar-refractivity contribution in [2.45, 2.75) is 6.92 Å². The molecule has 0 bridgehead atoms. The number of thiophene rings is 1. The minimum atomic E-state index is 1.01. The highest BCUT2D eigenvalue weighted by molar-refractivity contribution is 14.1. The van der Waals surface area contributed by atoms with E-state index in [1.165, 1.54) is 8.57 Å². The van der Waals surface area contributed by atoms with Crippen LogP contribution in [0, 0.1) is 2.88 Å². The summed E-state index contributed by atoms with van der Waals surface area (Å²) in [4.78, 5) is 0. The molecule has 0 aliphatic heterocycles. The van der Waals surface area contributed by atoms with Gasteiger partial charge in [0.1, 0.15) is 0 Å². The molecule has 0 aliphatic carbocycles. The molecule has 0 atom stereocenters. The van der Waals surface area contributed by atoms with Crippen LogP contribution in [0.25, 0.3) is 0 Å². The van der Waals surface area contributed by atoms with Gasteiger partial charge in [0.15, 0.2) is 0 Å². The molecular formula is C6H8INS. The molecule has 0 saturated heterocycles. The molecule has 0 saturated carbocycles. The van der Waals surface area contributed by atoms with Crippen LogP contribution in [0.1, 0.15) is 6.92 Å². The molecule has 0 aliphatic rings. The van der Waals surface area contributed by atoms with Crippen molar-refractivity contribution in [3.63, 3.8) is 0 Å². The lowest BCUT2D eigenvalue weighted by Gasteiger charge is -1.97. The van der Waals surface area contributed by atoms with E-state index in [1.807, 2.05) is 0 Å². The Morgan fingerprint density at radius 2 is 2.56 bits per heavy atom. The number of hydrogen-bond donors (Lipinski definition) is 1. The van der Waals surface area contributed by atoms with Crippen molar-refractivity contribution in [2.24, 2.45) is 0 Å².